The quantitative estimate of drug-likeness (QED) is 0.647. The van der Waals surface area contributed by atoms with Crippen molar-refractivity contribution in [2.45, 2.75) is 26.3 Å². The highest BCUT2D eigenvalue weighted by molar-refractivity contribution is 5.94. The summed E-state index contributed by atoms with van der Waals surface area (Å²) in [6.07, 6.45) is 1.60. The highest BCUT2D eigenvalue weighted by Gasteiger charge is 2.10. The second-order valence-corrected chi connectivity index (χ2v) is 6.61. The van der Waals surface area contributed by atoms with Gasteiger partial charge in [0.05, 0.1) is 0 Å². The molecule has 0 bridgehead atoms. The van der Waals surface area contributed by atoms with Gasteiger partial charge < -0.3 is 10.6 Å². The van der Waals surface area contributed by atoms with E-state index in [4.69, 9.17) is 0 Å². The smallest absolute Gasteiger partial charge is 0.251 e. The van der Waals surface area contributed by atoms with Gasteiger partial charge in [-0.15, -0.1) is 0 Å². The maximum Gasteiger partial charge on any atom is 0.251 e. The Morgan fingerprint density at radius 1 is 1.07 bits per heavy atom. The molecule has 1 aromatic heterocycles. The van der Waals surface area contributed by atoms with Gasteiger partial charge in [-0.3, -0.25) is 4.79 Å². The molecule has 0 unspecified atom stereocenters. The molecule has 3 rings (SSSR count). The van der Waals surface area contributed by atoms with Crippen LogP contribution in [0.2, 0.25) is 0 Å². The Labute approximate surface area is 158 Å². The van der Waals surface area contributed by atoms with E-state index in [1.54, 1.807) is 30.5 Å². The normalized spacial score (nSPS) is 10.7. The van der Waals surface area contributed by atoms with Gasteiger partial charge >= 0.3 is 0 Å². The minimum atomic E-state index is -0.295. The highest BCUT2D eigenvalue weighted by atomic mass is 19.1. The molecule has 0 aliphatic rings. The van der Waals surface area contributed by atoms with E-state index in [1.807, 2.05) is 18.2 Å². The molecule has 2 N–H and O–H groups in total. The molecule has 0 aliphatic heterocycles. The highest BCUT2D eigenvalue weighted by Crippen LogP contribution is 2.26. The Balaban J connectivity index is 1.70. The first kappa shape index (κ1) is 18.6. The summed E-state index contributed by atoms with van der Waals surface area (Å²) >= 11 is 0. The molecule has 0 aliphatic carbocycles. The van der Waals surface area contributed by atoms with E-state index in [0.717, 1.165) is 11.3 Å². The van der Waals surface area contributed by atoms with Crippen LogP contribution in [-0.2, 0) is 6.54 Å². The van der Waals surface area contributed by atoms with E-state index in [9.17, 15) is 9.18 Å². The van der Waals surface area contributed by atoms with Gasteiger partial charge in [-0.2, -0.15) is 0 Å². The van der Waals surface area contributed by atoms with Gasteiger partial charge in [0.1, 0.15) is 11.6 Å². The van der Waals surface area contributed by atoms with Crippen molar-refractivity contribution in [3.63, 3.8) is 0 Å². The summed E-state index contributed by atoms with van der Waals surface area (Å²) in [5.74, 6) is 0.479. The Bertz CT molecular complexity index is 923. The summed E-state index contributed by atoms with van der Waals surface area (Å²) < 4.78 is 13.0. The lowest BCUT2D eigenvalue weighted by Gasteiger charge is -2.14. The third-order valence-corrected chi connectivity index (χ3v) is 4.23. The number of aromatic nitrogens is 1. The molecule has 138 valence electrons. The number of nitrogens with one attached hydrogen (secondary N) is 2. The second-order valence-electron chi connectivity index (χ2n) is 6.61. The van der Waals surface area contributed by atoms with Gasteiger partial charge in [0, 0.05) is 24.0 Å². The predicted molar refractivity (Wildman–Crippen MR) is 106 cm³/mol. The van der Waals surface area contributed by atoms with Gasteiger partial charge in [0.15, 0.2) is 0 Å². The topological polar surface area (TPSA) is 54.0 Å². The monoisotopic (exact) mass is 363 g/mol. The Hall–Kier alpha value is -3.21. The van der Waals surface area contributed by atoms with Crippen LogP contribution in [0, 0.1) is 5.82 Å². The van der Waals surface area contributed by atoms with Crippen molar-refractivity contribution in [3.05, 3.63) is 89.4 Å². The number of benzene rings is 2. The first-order valence-electron chi connectivity index (χ1n) is 8.87. The molecule has 2 aromatic carbocycles. The average molecular weight is 363 g/mol. The first-order chi connectivity index (χ1) is 13.0. The van der Waals surface area contributed by atoms with Crippen LogP contribution in [0.3, 0.4) is 0 Å². The molecule has 0 atom stereocenters. The summed E-state index contributed by atoms with van der Waals surface area (Å²) in [7, 11) is 0. The van der Waals surface area contributed by atoms with Gasteiger partial charge in [-0.25, -0.2) is 9.37 Å². The Morgan fingerprint density at radius 3 is 2.56 bits per heavy atom. The summed E-state index contributed by atoms with van der Waals surface area (Å²) in [4.78, 5) is 16.7. The number of pyridine rings is 1. The third-order valence-electron chi connectivity index (χ3n) is 4.23. The molecule has 0 saturated carbocycles. The second kappa shape index (κ2) is 8.45. The number of rotatable bonds is 6. The Kier molecular flexibility index (Phi) is 5.81. The summed E-state index contributed by atoms with van der Waals surface area (Å²) in [5, 5.41) is 6.13. The zero-order valence-corrected chi connectivity index (χ0v) is 15.4. The van der Waals surface area contributed by atoms with Crippen LogP contribution in [-0.4, -0.2) is 10.9 Å². The summed E-state index contributed by atoms with van der Waals surface area (Å²) in [6.45, 7) is 4.60. The molecular formula is C22H22FN3O. The summed E-state index contributed by atoms with van der Waals surface area (Å²) in [6, 6.07) is 17.5. The zero-order valence-electron chi connectivity index (χ0n) is 15.4. The van der Waals surface area contributed by atoms with Crippen LogP contribution >= 0.6 is 0 Å². The maximum atomic E-state index is 13.0. The fraction of sp³-hybridized carbons (Fsp3) is 0.182. The lowest BCUT2D eigenvalue weighted by molar-refractivity contribution is 0.0951. The SMILES string of the molecule is CC(C)c1ccccc1Nc1cc(C(=O)NCc2ccc(F)cc2)ccn1. The van der Waals surface area contributed by atoms with Crippen molar-refractivity contribution in [1.29, 1.82) is 0 Å². The largest absolute Gasteiger partial charge is 0.348 e. The molecule has 4 nitrogen and oxygen atoms in total. The Morgan fingerprint density at radius 2 is 1.81 bits per heavy atom. The molecule has 0 saturated heterocycles. The standard InChI is InChI=1S/C22H22FN3O/c1-15(2)19-5-3-4-6-20(19)26-21-13-17(11-12-24-21)22(27)25-14-16-7-9-18(23)10-8-16/h3-13,15H,14H2,1-2H3,(H,24,26)(H,25,27). The van der Waals surface area contributed by atoms with Crippen LogP contribution in [0.15, 0.2) is 66.9 Å². The maximum absolute atomic E-state index is 13.0. The van der Waals surface area contributed by atoms with E-state index >= 15 is 0 Å². The molecular weight excluding hydrogens is 341 g/mol. The molecule has 5 heteroatoms. The van der Waals surface area contributed by atoms with Crippen molar-refractivity contribution < 1.29 is 9.18 Å². The lowest BCUT2D eigenvalue weighted by atomic mass is 10.0. The third kappa shape index (κ3) is 4.91. The van der Waals surface area contributed by atoms with Gasteiger partial charge in [0.25, 0.3) is 5.91 Å². The van der Waals surface area contributed by atoms with Crippen molar-refractivity contribution >= 4 is 17.4 Å². The minimum absolute atomic E-state index is 0.207. The van der Waals surface area contributed by atoms with E-state index in [1.165, 1.54) is 17.7 Å². The minimum Gasteiger partial charge on any atom is -0.348 e. The first-order valence-corrected chi connectivity index (χ1v) is 8.87. The summed E-state index contributed by atoms with van der Waals surface area (Å²) in [5.41, 5.74) is 3.51. The van der Waals surface area contributed by atoms with Crippen LogP contribution in [0.25, 0.3) is 0 Å². The predicted octanol–water partition coefficient (Wildman–Crippen LogP) is 5.02. The van der Waals surface area contributed by atoms with E-state index < -0.39 is 0 Å². The van der Waals surface area contributed by atoms with Crippen molar-refractivity contribution in [2.75, 3.05) is 5.32 Å². The fourth-order valence-electron chi connectivity index (χ4n) is 2.78. The molecule has 0 spiro atoms. The zero-order chi connectivity index (χ0) is 19.2. The lowest BCUT2D eigenvalue weighted by Crippen LogP contribution is -2.22. The fourth-order valence-corrected chi connectivity index (χ4v) is 2.78. The van der Waals surface area contributed by atoms with E-state index in [0.29, 0.717) is 23.8 Å². The number of hydrogen-bond donors (Lipinski definition) is 2. The van der Waals surface area contributed by atoms with Crippen molar-refractivity contribution in [1.82, 2.24) is 10.3 Å². The number of amides is 1. The van der Waals surface area contributed by atoms with Crippen LogP contribution in [0.1, 0.15) is 41.3 Å². The van der Waals surface area contributed by atoms with Crippen LogP contribution in [0.4, 0.5) is 15.9 Å². The molecule has 0 fully saturated rings. The van der Waals surface area contributed by atoms with Crippen LogP contribution in [0.5, 0.6) is 0 Å². The average Bonchev–Trinajstić information content (AvgIpc) is 2.68. The molecule has 0 radical (unpaired) electrons. The number of carbonyl (C=O) groups excluding carboxylic acids is 1. The van der Waals surface area contributed by atoms with Crippen molar-refractivity contribution in [2.24, 2.45) is 0 Å². The van der Waals surface area contributed by atoms with Crippen LogP contribution < -0.4 is 10.6 Å². The number of anilines is 2. The molecule has 27 heavy (non-hydrogen) atoms. The molecule has 3 aromatic rings. The van der Waals surface area contributed by atoms with Gasteiger partial charge in [0.2, 0.25) is 0 Å². The molecule has 1 heterocycles. The number of carbonyl (C=O) groups is 1. The van der Waals surface area contributed by atoms with Crippen molar-refractivity contribution in [3.8, 4) is 0 Å². The number of para-hydroxylation sites is 1. The number of nitrogens with zero attached hydrogens (tertiary/aromatic N) is 1. The molecule has 1 amide bonds. The van der Waals surface area contributed by atoms with E-state index in [2.05, 4.69) is 35.5 Å². The number of hydrogen-bond acceptors (Lipinski definition) is 3. The number of halogens is 1. The van der Waals surface area contributed by atoms with Gasteiger partial charge in [-0.05, 0) is 47.4 Å². The van der Waals surface area contributed by atoms with E-state index in [-0.39, 0.29) is 11.7 Å². The van der Waals surface area contributed by atoms with Gasteiger partial charge in [-0.1, -0.05) is 44.2 Å².